The molecule has 8 heteroatoms. The van der Waals surface area contributed by atoms with Crippen LogP contribution in [0.2, 0.25) is 0 Å². The second-order valence-electron chi connectivity index (χ2n) is 4.56. The number of hydrogen-bond donors (Lipinski definition) is 2. The molecular formula is C13H18N6OS. The second kappa shape index (κ2) is 6.68. The minimum Gasteiger partial charge on any atom is -0.378 e. The Kier molecular flexibility index (Phi) is 4.46. The molecule has 112 valence electrons. The van der Waals surface area contributed by atoms with Gasteiger partial charge in [0.05, 0.1) is 19.8 Å². The standard InChI is InChI=1S/C13H18N6OS/c1-14-11-16-12(15-9-10-3-2-8-21-10)18-13(17-11)19-4-6-20-7-5-19/h2-3,8H,4-7,9H2,1H3,(H2,14,15,16,17,18). The van der Waals surface area contributed by atoms with Crippen LogP contribution >= 0.6 is 11.3 Å². The molecule has 3 rings (SSSR count). The lowest BCUT2D eigenvalue weighted by Crippen LogP contribution is -2.37. The monoisotopic (exact) mass is 306 g/mol. The molecule has 0 unspecified atom stereocenters. The number of aromatic nitrogens is 3. The van der Waals surface area contributed by atoms with Gasteiger partial charge in [0.25, 0.3) is 0 Å². The molecule has 0 radical (unpaired) electrons. The molecule has 1 fully saturated rings. The Morgan fingerprint density at radius 3 is 2.76 bits per heavy atom. The summed E-state index contributed by atoms with van der Waals surface area (Å²) in [6, 6.07) is 4.12. The van der Waals surface area contributed by atoms with Crippen LogP contribution < -0.4 is 15.5 Å². The fourth-order valence-electron chi connectivity index (χ4n) is 2.04. The van der Waals surface area contributed by atoms with Crippen molar-refractivity contribution in [1.82, 2.24) is 15.0 Å². The molecule has 0 aliphatic carbocycles. The maximum Gasteiger partial charge on any atom is 0.232 e. The highest BCUT2D eigenvalue weighted by atomic mass is 32.1. The fraction of sp³-hybridized carbons (Fsp3) is 0.462. The smallest absolute Gasteiger partial charge is 0.232 e. The fourth-order valence-corrected chi connectivity index (χ4v) is 2.68. The van der Waals surface area contributed by atoms with Gasteiger partial charge in [-0.2, -0.15) is 15.0 Å². The average Bonchev–Trinajstić information content (AvgIpc) is 3.07. The third kappa shape index (κ3) is 3.59. The van der Waals surface area contributed by atoms with Gasteiger partial charge in [0.15, 0.2) is 0 Å². The number of thiophene rings is 1. The lowest BCUT2D eigenvalue weighted by molar-refractivity contribution is 0.122. The number of ether oxygens (including phenoxy) is 1. The van der Waals surface area contributed by atoms with Crippen molar-refractivity contribution in [2.75, 3.05) is 48.9 Å². The first kappa shape index (κ1) is 14.0. The first-order chi connectivity index (χ1) is 10.3. The third-order valence-electron chi connectivity index (χ3n) is 3.14. The summed E-state index contributed by atoms with van der Waals surface area (Å²) in [4.78, 5) is 16.6. The van der Waals surface area contributed by atoms with Crippen LogP contribution in [-0.2, 0) is 11.3 Å². The van der Waals surface area contributed by atoms with Crippen molar-refractivity contribution in [2.45, 2.75) is 6.54 Å². The van der Waals surface area contributed by atoms with Crippen LogP contribution in [0.4, 0.5) is 17.8 Å². The SMILES string of the molecule is CNc1nc(NCc2cccs2)nc(N2CCOCC2)n1. The van der Waals surface area contributed by atoms with Crippen LogP contribution in [0.5, 0.6) is 0 Å². The molecule has 7 nitrogen and oxygen atoms in total. The Morgan fingerprint density at radius 1 is 1.24 bits per heavy atom. The van der Waals surface area contributed by atoms with E-state index in [2.05, 4.69) is 41.9 Å². The first-order valence-electron chi connectivity index (χ1n) is 6.88. The van der Waals surface area contributed by atoms with Crippen LogP contribution in [0.15, 0.2) is 17.5 Å². The first-order valence-corrected chi connectivity index (χ1v) is 7.76. The van der Waals surface area contributed by atoms with E-state index in [1.165, 1.54) is 4.88 Å². The van der Waals surface area contributed by atoms with E-state index in [0.29, 0.717) is 37.6 Å². The van der Waals surface area contributed by atoms with Crippen LogP contribution in [0.3, 0.4) is 0 Å². The van der Waals surface area contributed by atoms with Crippen molar-refractivity contribution < 1.29 is 4.74 Å². The van der Waals surface area contributed by atoms with Crippen LogP contribution in [0.1, 0.15) is 4.88 Å². The van der Waals surface area contributed by atoms with Crippen molar-refractivity contribution in [3.05, 3.63) is 22.4 Å². The molecule has 0 aromatic carbocycles. The van der Waals surface area contributed by atoms with Gasteiger partial charge in [-0.1, -0.05) is 6.07 Å². The van der Waals surface area contributed by atoms with Gasteiger partial charge in [-0.3, -0.25) is 0 Å². The van der Waals surface area contributed by atoms with Crippen molar-refractivity contribution in [2.24, 2.45) is 0 Å². The van der Waals surface area contributed by atoms with E-state index in [1.54, 1.807) is 11.3 Å². The number of nitrogens with one attached hydrogen (secondary N) is 2. The molecule has 1 aliphatic heterocycles. The van der Waals surface area contributed by atoms with E-state index in [-0.39, 0.29) is 0 Å². The summed E-state index contributed by atoms with van der Waals surface area (Å²) in [5.41, 5.74) is 0. The Balaban J connectivity index is 1.75. The zero-order chi connectivity index (χ0) is 14.5. The van der Waals surface area contributed by atoms with E-state index < -0.39 is 0 Å². The zero-order valence-corrected chi connectivity index (χ0v) is 12.7. The van der Waals surface area contributed by atoms with Crippen LogP contribution in [0.25, 0.3) is 0 Å². The molecule has 1 saturated heterocycles. The van der Waals surface area contributed by atoms with Gasteiger partial charge in [0.1, 0.15) is 0 Å². The number of hydrogen-bond acceptors (Lipinski definition) is 8. The maximum absolute atomic E-state index is 5.36. The summed E-state index contributed by atoms with van der Waals surface area (Å²) >= 11 is 1.71. The van der Waals surface area contributed by atoms with Gasteiger partial charge < -0.3 is 20.3 Å². The molecule has 0 atom stereocenters. The Labute approximate surface area is 127 Å². The topological polar surface area (TPSA) is 75.2 Å². The molecule has 2 N–H and O–H groups in total. The van der Waals surface area contributed by atoms with Crippen molar-refractivity contribution in [1.29, 1.82) is 0 Å². The lowest BCUT2D eigenvalue weighted by Gasteiger charge is -2.27. The number of anilines is 3. The summed E-state index contributed by atoms with van der Waals surface area (Å²) in [6.07, 6.45) is 0. The normalized spacial score (nSPS) is 15.0. The predicted molar refractivity (Wildman–Crippen MR) is 84.1 cm³/mol. The minimum atomic E-state index is 0.570. The van der Waals surface area contributed by atoms with Crippen molar-refractivity contribution in [3.63, 3.8) is 0 Å². The molecule has 0 bridgehead atoms. The molecule has 2 aromatic rings. The predicted octanol–water partition coefficient (Wildman–Crippen LogP) is 1.42. The van der Waals surface area contributed by atoms with Crippen LogP contribution in [0, 0.1) is 0 Å². The summed E-state index contributed by atoms with van der Waals surface area (Å²) in [6.45, 7) is 3.74. The van der Waals surface area contributed by atoms with E-state index in [9.17, 15) is 0 Å². The van der Waals surface area contributed by atoms with Gasteiger partial charge in [0, 0.05) is 25.0 Å². The average molecular weight is 306 g/mol. The van der Waals surface area contributed by atoms with Gasteiger partial charge in [-0.25, -0.2) is 0 Å². The van der Waals surface area contributed by atoms with Crippen LogP contribution in [-0.4, -0.2) is 48.3 Å². The molecule has 3 heterocycles. The Morgan fingerprint density at radius 2 is 2.05 bits per heavy atom. The number of nitrogens with zero attached hydrogens (tertiary/aromatic N) is 4. The van der Waals surface area contributed by atoms with Crippen molar-refractivity contribution in [3.8, 4) is 0 Å². The second-order valence-corrected chi connectivity index (χ2v) is 5.60. The van der Waals surface area contributed by atoms with E-state index in [1.807, 2.05) is 13.1 Å². The molecule has 0 saturated carbocycles. The molecule has 0 spiro atoms. The van der Waals surface area contributed by atoms with Gasteiger partial charge in [-0.15, -0.1) is 11.3 Å². The summed E-state index contributed by atoms with van der Waals surface area (Å²) in [7, 11) is 1.81. The Bertz CT molecular complexity index is 570. The number of rotatable bonds is 5. The van der Waals surface area contributed by atoms with Crippen molar-refractivity contribution >= 4 is 29.2 Å². The summed E-state index contributed by atoms with van der Waals surface area (Å²) < 4.78 is 5.36. The summed E-state index contributed by atoms with van der Waals surface area (Å²) in [5, 5.41) is 8.29. The lowest BCUT2D eigenvalue weighted by atomic mass is 10.4. The molecular weight excluding hydrogens is 288 g/mol. The molecule has 1 aliphatic rings. The molecule has 0 amide bonds. The van der Waals surface area contributed by atoms with Gasteiger partial charge in [0.2, 0.25) is 17.8 Å². The number of morpholine rings is 1. The summed E-state index contributed by atoms with van der Waals surface area (Å²) in [5.74, 6) is 1.84. The van der Waals surface area contributed by atoms with Gasteiger partial charge >= 0.3 is 0 Å². The highest BCUT2D eigenvalue weighted by molar-refractivity contribution is 7.09. The van der Waals surface area contributed by atoms with E-state index >= 15 is 0 Å². The van der Waals surface area contributed by atoms with Gasteiger partial charge in [-0.05, 0) is 11.4 Å². The third-order valence-corrected chi connectivity index (χ3v) is 4.02. The molecule has 21 heavy (non-hydrogen) atoms. The highest BCUT2D eigenvalue weighted by Gasteiger charge is 2.16. The minimum absolute atomic E-state index is 0.570. The quantitative estimate of drug-likeness (QED) is 0.865. The van der Waals surface area contributed by atoms with E-state index in [4.69, 9.17) is 4.74 Å². The van der Waals surface area contributed by atoms with E-state index in [0.717, 1.165) is 13.1 Å². The maximum atomic E-state index is 5.36. The largest absolute Gasteiger partial charge is 0.378 e. The zero-order valence-electron chi connectivity index (χ0n) is 11.9. The highest BCUT2D eigenvalue weighted by Crippen LogP contribution is 2.16. The Hall–Kier alpha value is -1.93. The molecule has 2 aromatic heterocycles.